The van der Waals surface area contributed by atoms with Gasteiger partial charge in [0.05, 0.1) is 16.4 Å². The van der Waals surface area contributed by atoms with Crippen LogP contribution >= 0.6 is 11.6 Å². The van der Waals surface area contributed by atoms with Crippen LogP contribution in [0.2, 0.25) is 5.02 Å². The lowest BCUT2D eigenvalue weighted by Gasteiger charge is -2.05. The third-order valence-corrected chi connectivity index (χ3v) is 2.85. The summed E-state index contributed by atoms with van der Waals surface area (Å²) in [4.78, 5) is 0. The average Bonchev–Trinajstić information content (AvgIpc) is 2.37. The number of nitrogens with zero attached hydrogens (tertiary/aromatic N) is 1. The molecule has 0 aliphatic rings. The molecule has 4 heteroatoms. The molecule has 2 aromatic carbocycles. The van der Waals surface area contributed by atoms with E-state index in [9.17, 15) is 0 Å². The van der Waals surface area contributed by atoms with Gasteiger partial charge in [0.25, 0.3) is 0 Å². The minimum Gasteiger partial charge on any atom is -0.399 e. The number of anilines is 2. The number of nitrogens with two attached hydrogens (primary N) is 1. The van der Waals surface area contributed by atoms with Crippen molar-refractivity contribution in [1.82, 2.24) is 0 Å². The van der Waals surface area contributed by atoms with Gasteiger partial charge in [-0.1, -0.05) is 35.9 Å². The van der Waals surface area contributed by atoms with Crippen LogP contribution in [-0.2, 0) is 0 Å². The fourth-order valence-electron chi connectivity index (χ4n) is 1.52. The molecule has 0 spiro atoms. The van der Waals surface area contributed by atoms with Crippen molar-refractivity contribution < 1.29 is 0 Å². The maximum Gasteiger partial charge on any atom is 0.0748 e. The normalized spacial score (nSPS) is 11.3. The predicted octanol–water partition coefficient (Wildman–Crippen LogP) is 3.76. The fraction of sp³-hybridized carbons (Fsp3) is 0.0714. The molecular formula is C14H14ClN3. The molecule has 0 saturated carbocycles. The molecule has 0 amide bonds. The maximum absolute atomic E-state index is 6.03. The highest BCUT2D eigenvalue weighted by molar-refractivity contribution is 6.33. The second-order valence-electron chi connectivity index (χ2n) is 3.91. The van der Waals surface area contributed by atoms with Crippen LogP contribution in [0.15, 0.2) is 53.6 Å². The minimum atomic E-state index is 0.640. The van der Waals surface area contributed by atoms with E-state index in [4.69, 9.17) is 17.3 Å². The Morgan fingerprint density at radius 1 is 1.17 bits per heavy atom. The van der Waals surface area contributed by atoms with Crippen LogP contribution in [-0.4, -0.2) is 5.71 Å². The van der Waals surface area contributed by atoms with Crippen molar-refractivity contribution in [3.05, 3.63) is 59.1 Å². The molecular weight excluding hydrogens is 246 g/mol. The molecule has 0 bridgehead atoms. The number of rotatable bonds is 3. The van der Waals surface area contributed by atoms with Crippen LogP contribution in [0, 0.1) is 0 Å². The Labute approximate surface area is 111 Å². The van der Waals surface area contributed by atoms with Crippen molar-refractivity contribution in [2.24, 2.45) is 5.10 Å². The van der Waals surface area contributed by atoms with Crippen molar-refractivity contribution in [2.75, 3.05) is 11.2 Å². The largest absolute Gasteiger partial charge is 0.399 e. The Morgan fingerprint density at radius 2 is 1.94 bits per heavy atom. The third kappa shape index (κ3) is 3.02. The summed E-state index contributed by atoms with van der Waals surface area (Å²) in [5.41, 5.74) is 12.0. The number of nitrogens with one attached hydrogen (secondary N) is 1. The Kier molecular flexibility index (Phi) is 3.85. The molecule has 0 unspecified atom stereocenters. The van der Waals surface area contributed by atoms with E-state index in [1.54, 1.807) is 0 Å². The lowest BCUT2D eigenvalue weighted by atomic mass is 10.1. The summed E-state index contributed by atoms with van der Waals surface area (Å²) < 4.78 is 0. The highest BCUT2D eigenvalue weighted by Crippen LogP contribution is 2.20. The molecule has 0 atom stereocenters. The summed E-state index contributed by atoms with van der Waals surface area (Å²) in [6, 6.07) is 15.1. The number of hydrogen-bond acceptors (Lipinski definition) is 3. The Hall–Kier alpha value is -2.00. The maximum atomic E-state index is 6.03. The van der Waals surface area contributed by atoms with E-state index in [0.717, 1.165) is 22.6 Å². The molecule has 2 aromatic rings. The van der Waals surface area contributed by atoms with Crippen LogP contribution < -0.4 is 11.2 Å². The average molecular weight is 260 g/mol. The van der Waals surface area contributed by atoms with Gasteiger partial charge in [0.15, 0.2) is 0 Å². The van der Waals surface area contributed by atoms with E-state index in [0.29, 0.717) is 5.02 Å². The first-order chi connectivity index (χ1) is 8.66. The van der Waals surface area contributed by atoms with Crippen molar-refractivity contribution in [3.63, 3.8) is 0 Å². The first-order valence-electron chi connectivity index (χ1n) is 5.57. The summed E-state index contributed by atoms with van der Waals surface area (Å²) in [7, 11) is 0. The fourth-order valence-corrected chi connectivity index (χ4v) is 1.70. The molecule has 3 N–H and O–H groups in total. The van der Waals surface area contributed by atoms with Crippen molar-refractivity contribution in [2.45, 2.75) is 6.92 Å². The van der Waals surface area contributed by atoms with E-state index < -0.39 is 0 Å². The van der Waals surface area contributed by atoms with Crippen molar-refractivity contribution in [3.8, 4) is 0 Å². The van der Waals surface area contributed by atoms with Crippen LogP contribution in [0.4, 0.5) is 11.4 Å². The first-order valence-corrected chi connectivity index (χ1v) is 5.95. The van der Waals surface area contributed by atoms with Gasteiger partial charge in [-0.15, -0.1) is 0 Å². The van der Waals surface area contributed by atoms with Gasteiger partial charge < -0.3 is 5.73 Å². The molecule has 0 aliphatic heterocycles. The van der Waals surface area contributed by atoms with Gasteiger partial charge >= 0.3 is 0 Å². The van der Waals surface area contributed by atoms with E-state index in [1.807, 2.05) is 55.5 Å². The molecule has 18 heavy (non-hydrogen) atoms. The molecule has 0 fully saturated rings. The van der Waals surface area contributed by atoms with E-state index in [-0.39, 0.29) is 0 Å². The van der Waals surface area contributed by atoms with Crippen LogP contribution in [0.25, 0.3) is 0 Å². The number of halogens is 1. The van der Waals surface area contributed by atoms with Crippen LogP contribution in [0.1, 0.15) is 12.5 Å². The number of benzene rings is 2. The van der Waals surface area contributed by atoms with Gasteiger partial charge in [-0.3, -0.25) is 5.43 Å². The monoisotopic (exact) mass is 259 g/mol. The van der Waals surface area contributed by atoms with E-state index in [1.165, 1.54) is 0 Å². The number of hydrazone groups is 1. The lowest BCUT2D eigenvalue weighted by Crippen LogP contribution is -2.00. The zero-order valence-corrected chi connectivity index (χ0v) is 10.8. The number of para-hydroxylation sites is 1. The molecule has 3 nitrogen and oxygen atoms in total. The smallest absolute Gasteiger partial charge is 0.0748 e. The van der Waals surface area contributed by atoms with E-state index >= 15 is 0 Å². The first kappa shape index (κ1) is 12.5. The van der Waals surface area contributed by atoms with Crippen molar-refractivity contribution >= 4 is 28.7 Å². The Bertz CT molecular complexity index is 579. The third-order valence-electron chi connectivity index (χ3n) is 2.52. The molecule has 0 aliphatic carbocycles. The van der Waals surface area contributed by atoms with Gasteiger partial charge in [0.1, 0.15) is 0 Å². The van der Waals surface area contributed by atoms with Crippen LogP contribution in [0.5, 0.6) is 0 Å². The van der Waals surface area contributed by atoms with Gasteiger partial charge in [0, 0.05) is 5.69 Å². The number of hydrogen-bond donors (Lipinski definition) is 2. The summed E-state index contributed by atoms with van der Waals surface area (Å²) >= 11 is 6.03. The zero-order valence-electron chi connectivity index (χ0n) is 10.0. The van der Waals surface area contributed by atoms with Gasteiger partial charge in [-0.2, -0.15) is 5.10 Å². The second kappa shape index (κ2) is 5.56. The molecule has 0 heterocycles. The van der Waals surface area contributed by atoms with Gasteiger partial charge in [-0.05, 0) is 36.8 Å². The molecule has 92 valence electrons. The molecule has 0 radical (unpaired) electrons. The van der Waals surface area contributed by atoms with Crippen molar-refractivity contribution in [1.29, 1.82) is 0 Å². The predicted molar refractivity (Wildman–Crippen MR) is 78.1 cm³/mol. The summed E-state index contributed by atoms with van der Waals surface area (Å²) in [5.74, 6) is 0. The zero-order chi connectivity index (χ0) is 13.0. The minimum absolute atomic E-state index is 0.640. The molecule has 2 rings (SSSR count). The summed E-state index contributed by atoms with van der Waals surface area (Å²) in [5, 5.41) is 4.93. The summed E-state index contributed by atoms with van der Waals surface area (Å²) in [6.45, 7) is 1.92. The topological polar surface area (TPSA) is 50.4 Å². The van der Waals surface area contributed by atoms with Gasteiger partial charge in [-0.25, -0.2) is 0 Å². The SMILES string of the molecule is C/C(=N/Nc1ccccc1Cl)c1cccc(N)c1. The number of nitrogen functional groups attached to an aromatic ring is 1. The quantitative estimate of drug-likeness (QED) is 0.501. The molecule has 0 saturated heterocycles. The second-order valence-corrected chi connectivity index (χ2v) is 4.32. The molecule has 0 aromatic heterocycles. The van der Waals surface area contributed by atoms with Crippen LogP contribution in [0.3, 0.4) is 0 Å². The Balaban J connectivity index is 2.17. The standard InChI is InChI=1S/C14H14ClN3/c1-10(11-5-4-6-12(16)9-11)17-18-14-8-3-2-7-13(14)15/h2-9,18H,16H2,1H3/b17-10-. The highest BCUT2D eigenvalue weighted by atomic mass is 35.5. The Morgan fingerprint density at radius 3 is 2.67 bits per heavy atom. The lowest BCUT2D eigenvalue weighted by molar-refractivity contribution is 1.32. The van der Waals surface area contributed by atoms with Gasteiger partial charge in [0.2, 0.25) is 0 Å². The highest BCUT2D eigenvalue weighted by Gasteiger charge is 1.99. The summed E-state index contributed by atoms with van der Waals surface area (Å²) in [6.07, 6.45) is 0. The van der Waals surface area contributed by atoms with E-state index in [2.05, 4.69) is 10.5 Å².